The summed E-state index contributed by atoms with van der Waals surface area (Å²) >= 11 is 3.47. The molecule has 1 aliphatic rings. The van der Waals surface area contributed by atoms with Crippen LogP contribution in [0.4, 0.5) is 0 Å². The van der Waals surface area contributed by atoms with Crippen LogP contribution in [0, 0.1) is 6.92 Å². The van der Waals surface area contributed by atoms with Crippen molar-refractivity contribution in [3.8, 4) is 0 Å². The summed E-state index contributed by atoms with van der Waals surface area (Å²) in [5.74, 6) is 0.0792. The van der Waals surface area contributed by atoms with Gasteiger partial charge in [-0.1, -0.05) is 15.9 Å². The van der Waals surface area contributed by atoms with E-state index in [1.165, 1.54) is 0 Å². The van der Waals surface area contributed by atoms with Crippen molar-refractivity contribution < 1.29 is 4.79 Å². The number of nitrogens with zero attached hydrogens (tertiary/aromatic N) is 2. The molecular formula is C16H20BrCl2N3O. The van der Waals surface area contributed by atoms with Gasteiger partial charge in [-0.15, -0.1) is 24.8 Å². The maximum Gasteiger partial charge on any atom is 0.254 e. The fourth-order valence-corrected chi connectivity index (χ4v) is 3.14. The molecule has 1 saturated heterocycles. The Kier molecular flexibility index (Phi) is 7.27. The monoisotopic (exact) mass is 419 g/mol. The molecule has 2 N–H and O–H groups in total. The van der Waals surface area contributed by atoms with Gasteiger partial charge in [0.15, 0.2) is 0 Å². The van der Waals surface area contributed by atoms with Crippen LogP contribution in [0.1, 0.15) is 28.9 Å². The van der Waals surface area contributed by atoms with Crippen molar-refractivity contribution in [1.82, 2.24) is 9.88 Å². The number of hydrogen-bond donors (Lipinski definition) is 1. The maximum atomic E-state index is 12.8. The van der Waals surface area contributed by atoms with Crippen molar-refractivity contribution in [2.75, 3.05) is 13.1 Å². The van der Waals surface area contributed by atoms with Gasteiger partial charge in [-0.05, 0) is 44.0 Å². The quantitative estimate of drug-likeness (QED) is 0.764. The molecule has 0 saturated carbocycles. The smallest absolute Gasteiger partial charge is 0.254 e. The normalized spacial score (nSPS) is 15.0. The summed E-state index contributed by atoms with van der Waals surface area (Å²) < 4.78 is 0.954. The van der Waals surface area contributed by atoms with Crippen LogP contribution in [0.5, 0.6) is 0 Å². The highest BCUT2D eigenvalue weighted by Gasteiger charge is 2.23. The summed E-state index contributed by atoms with van der Waals surface area (Å²) in [6.07, 6.45) is 1.74. The molecule has 2 heterocycles. The molecule has 1 fully saturated rings. The summed E-state index contributed by atoms with van der Waals surface area (Å²) in [5.41, 5.74) is 8.37. The van der Waals surface area contributed by atoms with Gasteiger partial charge in [0.25, 0.3) is 5.91 Å². The first-order valence-electron chi connectivity index (χ1n) is 7.16. The Morgan fingerprint density at radius 2 is 1.91 bits per heavy atom. The zero-order valence-electron chi connectivity index (χ0n) is 12.8. The van der Waals surface area contributed by atoms with Crippen LogP contribution >= 0.6 is 40.7 Å². The predicted octanol–water partition coefficient (Wildman–Crippen LogP) is 3.71. The second-order valence-corrected chi connectivity index (χ2v) is 6.52. The molecule has 3 rings (SSSR count). The van der Waals surface area contributed by atoms with E-state index in [0.717, 1.165) is 52.6 Å². The molecule has 1 aromatic heterocycles. The average molecular weight is 421 g/mol. The first-order chi connectivity index (χ1) is 10.0. The maximum absolute atomic E-state index is 12.8. The summed E-state index contributed by atoms with van der Waals surface area (Å²) in [6, 6.07) is 7.95. The van der Waals surface area contributed by atoms with E-state index < -0.39 is 0 Å². The van der Waals surface area contributed by atoms with Crippen LogP contribution in [0.3, 0.4) is 0 Å². The molecule has 23 heavy (non-hydrogen) atoms. The number of likely N-dealkylation sites (tertiary alicyclic amines) is 1. The van der Waals surface area contributed by atoms with E-state index in [-0.39, 0.29) is 36.8 Å². The fraction of sp³-hybridized carbons (Fsp3) is 0.375. The van der Waals surface area contributed by atoms with Crippen LogP contribution in [-0.2, 0) is 0 Å². The van der Waals surface area contributed by atoms with Crippen LogP contribution in [0.2, 0.25) is 0 Å². The summed E-state index contributed by atoms with van der Waals surface area (Å²) in [7, 11) is 0. The second kappa shape index (κ2) is 8.29. The number of hydrogen-bond acceptors (Lipinski definition) is 3. The minimum atomic E-state index is 0. The Morgan fingerprint density at radius 1 is 1.26 bits per heavy atom. The Hall–Kier alpha value is -0.880. The topological polar surface area (TPSA) is 59.2 Å². The average Bonchev–Trinajstić information content (AvgIpc) is 2.47. The van der Waals surface area contributed by atoms with Gasteiger partial charge in [-0.2, -0.15) is 0 Å². The van der Waals surface area contributed by atoms with Gasteiger partial charge in [-0.25, -0.2) is 0 Å². The highest BCUT2D eigenvalue weighted by molar-refractivity contribution is 9.10. The summed E-state index contributed by atoms with van der Waals surface area (Å²) in [5, 5.41) is 0.898. The highest BCUT2D eigenvalue weighted by atomic mass is 79.9. The minimum Gasteiger partial charge on any atom is -0.339 e. The highest BCUT2D eigenvalue weighted by Crippen LogP contribution is 2.24. The third-order valence-corrected chi connectivity index (χ3v) is 4.45. The SMILES string of the molecule is Cc1cc(C(=O)N2CCC(N)CC2)c2cc(Br)ccc2n1.Cl.Cl. The molecule has 1 aromatic carbocycles. The number of nitrogens with two attached hydrogens (primary N) is 1. The molecule has 1 aliphatic heterocycles. The number of aryl methyl sites for hydroxylation is 1. The fourth-order valence-electron chi connectivity index (χ4n) is 2.78. The predicted molar refractivity (Wildman–Crippen MR) is 102 cm³/mol. The van der Waals surface area contributed by atoms with Gasteiger partial charge in [0, 0.05) is 34.7 Å². The Balaban J connectivity index is 0.00000132. The van der Waals surface area contributed by atoms with Gasteiger partial charge in [0.2, 0.25) is 0 Å². The number of carbonyl (C=O) groups is 1. The number of carbonyl (C=O) groups excluding carboxylic acids is 1. The molecule has 1 amide bonds. The van der Waals surface area contributed by atoms with Crippen LogP contribution in [-0.4, -0.2) is 34.9 Å². The van der Waals surface area contributed by atoms with E-state index in [1.54, 1.807) is 0 Å². The number of rotatable bonds is 1. The number of benzene rings is 1. The van der Waals surface area contributed by atoms with Crippen molar-refractivity contribution >= 4 is 57.6 Å². The zero-order valence-corrected chi connectivity index (χ0v) is 16.0. The molecular weight excluding hydrogens is 401 g/mol. The molecule has 4 nitrogen and oxygen atoms in total. The lowest BCUT2D eigenvalue weighted by Gasteiger charge is -2.30. The largest absolute Gasteiger partial charge is 0.339 e. The first-order valence-corrected chi connectivity index (χ1v) is 7.95. The molecule has 2 aromatic rings. The number of amides is 1. The van der Waals surface area contributed by atoms with Gasteiger partial charge < -0.3 is 10.6 Å². The zero-order chi connectivity index (χ0) is 15.0. The lowest BCUT2D eigenvalue weighted by Crippen LogP contribution is -2.42. The number of pyridine rings is 1. The molecule has 0 radical (unpaired) electrons. The van der Waals surface area contributed by atoms with Gasteiger partial charge in [0.1, 0.15) is 0 Å². The standard InChI is InChI=1S/C16H18BrN3O.2ClH/c1-10-8-14(13-9-11(17)2-3-15(13)19-10)16(21)20-6-4-12(18)5-7-20;;/h2-3,8-9,12H,4-7,18H2,1H3;2*1H. The van der Waals surface area contributed by atoms with Gasteiger partial charge in [-0.3, -0.25) is 9.78 Å². The van der Waals surface area contributed by atoms with Crippen molar-refractivity contribution in [2.24, 2.45) is 5.73 Å². The van der Waals surface area contributed by atoms with Crippen LogP contribution in [0.15, 0.2) is 28.7 Å². The minimum absolute atomic E-state index is 0. The first kappa shape index (κ1) is 20.2. The Bertz CT molecular complexity index is 703. The van der Waals surface area contributed by atoms with E-state index in [4.69, 9.17) is 5.73 Å². The summed E-state index contributed by atoms with van der Waals surface area (Å²) in [4.78, 5) is 19.2. The van der Waals surface area contributed by atoms with Crippen LogP contribution < -0.4 is 5.73 Å². The molecule has 0 atom stereocenters. The molecule has 0 unspecified atom stereocenters. The number of fused-ring (bicyclic) bond motifs is 1. The van der Waals surface area contributed by atoms with Gasteiger partial charge >= 0.3 is 0 Å². The van der Waals surface area contributed by atoms with E-state index in [9.17, 15) is 4.79 Å². The van der Waals surface area contributed by atoms with Crippen molar-refractivity contribution in [2.45, 2.75) is 25.8 Å². The summed E-state index contributed by atoms with van der Waals surface area (Å²) in [6.45, 7) is 3.39. The van der Waals surface area contributed by atoms with E-state index >= 15 is 0 Å². The second-order valence-electron chi connectivity index (χ2n) is 5.60. The van der Waals surface area contributed by atoms with E-state index in [2.05, 4.69) is 20.9 Å². The lowest BCUT2D eigenvalue weighted by molar-refractivity contribution is 0.0716. The van der Waals surface area contributed by atoms with Gasteiger partial charge in [0.05, 0.1) is 11.1 Å². The Labute approximate surface area is 156 Å². The molecule has 7 heteroatoms. The molecule has 126 valence electrons. The van der Waals surface area contributed by atoms with Crippen molar-refractivity contribution in [1.29, 1.82) is 0 Å². The van der Waals surface area contributed by atoms with Crippen molar-refractivity contribution in [3.05, 3.63) is 40.0 Å². The van der Waals surface area contributed by atoms with E-state index in [1.807, 2.05) is 36.1 Å². The third kappa shape index (κ3) is 4.35. The molecule has 0 spiro atoms. The Morgan fingerprint density at radius 3 is 2.57 bits per heavy atom. The third-order valence-electron chi connectivity index (χ3n) is 3.96. The van der Waals surface area contributed by atoms with Crippen LogP contribution in [0.25, 0.3) is 10.9 Å². The lowest BCUT2D eigenvalue weighted by atomic mass is 10.0. The number of halogens is 3. The number of aromatic nitrogens is 1. The molecule has 0 aliphatic carbocycles. The van der Waals surface area contributed by atoms with Crippen molar-refractivity contribution in [3.63, 3.8) is 0 Å². The molecule has 0 bridgehead atoms. The number of piperidine rings is 1. The van der Waals surface area contributed by atoms with E-state index in [0.29, 0.717) is 0 Å².